The van der Waals surface area contributed by atoms with Crippen LogP contribution >= 0.6 is 0 Å². The largest absolute Gasteiger partial charge is 0.384 e. The van der Waals surface area contributed by atoms with E-state index in [0.29, 0.717) is 0 Å². The number of amides is 1. The van der Waals surface area contributed by atoms with Gasteiger partial charge in [0.2, 0.25) is 0 Å². The highest BCUT2D eigenvalue weighted by atomic mass is 32.2. The van der Waals surface area contributed by atoms with Crippen molar-refractivity contribution in [3.63, 3.8) is 0 Å². The van der Waals surface area contributed by atoms with Gasteiger partial charge >= 0.3 is 0 Å². The summed E-state index contributed by atoms with van der Waals surface area (Å²) in [6.45, 7) is 1.66. The summed E-state index contributed by atoms with van der Waals surface area (Å²) in [7, 11) is -1.07. The molecular weight excluding hydrogens is 272 g/mol. The standard InChI is InChI=1S/C10H14N4O4S/c1-6(5-19(2)18)13-10(15)7-3-9(11)12-4-8(7)14(16)17/h3-4,6H,5H2,1-2H3,(H2,11,12)(H,13,15). The molecule has 0 aliphatic rings. The minimum atomic E-state index is -1.07. The van der Waals surface area contributed by atoms with Gasteiger partial charge in [-0.2, -0.15) is 0 Å². The van der Waals surface area contributed by atoms with Crippen LogP contribution < -0.4 is 11.1 Å². The van der Waals surface area contributed by atoms with Crippen LogP contribution in [0.1, 0.15) is 17.3 Å². The Morgan fingerprint density at radius 2 is 2.32 bits per heavy atom. The molecule has 0 aromatic carbocycles. The average molecular weight is 286 g/mol. The third-order valence-electron chi connectivity index (χ3n) is 2.21. The van der Waals surface area contributed by atoms with Crippen molar-refractivity contribution in [1.82, 2.24) is 10.3 Å². The van der Waals surface area contributed by atoms with Gasteiger partial charge in [-0.3, -0.25) is 19.1 Å². The molecule has 19 heavy (non-hydrogen) atoms. The van der Waals surface area contributed by atoms with Crippen molar-refractivity contribution in [3.8, 4) is 0 Å². The highest BCUT2D eigenvalue weighted by Gasteiger charge is 2.22. The Labute approximate surface area is 112 Å². The Morgan fingerprint density at radius 3 is 2.84 bits per heavy atom. The second-order valence-electron chi connectivity index (χ2n) is 4.00. The number of hydrogen-bond donors (Lipinski definition) is 2. The van der Waals surface area contributed by atoms with Crippen molar-refractivity contribution >= 4 is 28.2 Å². The van der Waals surface area contributed by atoms with Crippen molar-refractivity contribution in [3.05, 3.63) is 27.9 Å². The first-order chi connectivity index (χ1) is 8.81. The van der Waals surface area contributed by atoms with Gasteiger partial charge in [-0.25, -0.2) is 4.98 Å². The van der Waals surface area contributed by atoms with Gasteiger partial charge in [0.15, 0.2) is 0 Å². The number of rotatable bonds is 5. The Bertz CT molecular complexity index is 534. The first-order valence-corrected chi connectivity index (χ1v) is 7.04. The van der Waals surface area contributed by atoms with Crippen LogP contribution in [0, 0.1) is 10.1 Å². The third kappa shape index (κ3) is 4.28. The molecule has 0 spiro atoms. The summed E-state index contributed by atoms with van der Waals surface area (Å²) in [6.07, 6.45) is 2.45. The van der Waals surface area contributed by atoms with Crippen LogP contribution in [0.3, 0.4) is 0 Å². The number of carbonyl (C=O) groups is 1. The molecule has 0 aliphatic carbocycles. The van der Waals surface area contributed by atoms with Crippen LogP contribution in [-0.2, 0) is 10.8 Å². The van der Waals surface area contributed by atoms with Gasteiger partial charge in [-0.05, 0) is 13.0 Å². The number of carbonyl (C=O) groups excluding carboxylic acids is 1. The van der Waals surface area contributed by atoms with E-state index in [1.807, 2.05) is 0 Å². The number of nitrogens with one attached hydrogen (secondary N) is 1. The molecule has 2 unspecified atom stereocenters. The lowest BCUT2D eigenvalue weighted by Crippen LogP contribution is -2.36. The van der Waals surface area contributed by atoms with E-state index in [1.165, 1.54) is 6.26 Å². The fraction of sp³-hybridized carbons (Fsp3) is 0.400. The van der Waals surface area contributed by atoms with Gasteiger partial charge in [0, 0.05) is 28.9 Å². The molecule has 1 amide bonds. The van der Waals surface area contributed by atoms with Gasteiger partial charge in [-0.15, -0.1) is 0 Å². The monoisotopic (exact) mass is 286 g/mol. The fourth-order valence-corrected chi connectivity index (χ4v) is 2.27. The van der Waals surface area contributed by atoms with E-state index in [0.717, 1.165) is 12.3 Å². The van der Waals surface area contributed by atoms with E-state index in [1.54, 1.807) is 6.92 Å². The molecule has 9 heteroatoms. The molecule has 1 aromatic heterocycles. The molecule has 0 fully saturated rings. The lowest BCUT2D eigenvalue weighted by molar-refractivity contribution is -0.385. The number of anilines is 1. The Hall–Kier alpha value is -2.03. The lowest BCUT2D eigenvalue weighted by atomic mass is 10.2. The fourth-order valence-electron chi connectivity index (χ4n) is 1.49. The van der Waals surface area contributed by atoms with Crippen molar-refractivity contribution in [2.45, 2.75) is 13.0 Å². The molecule has 104 valence electrons. The maximum atomic E-state index is 11.9. The summed E-state index contributed by atoms with van der Waals surface area (Å²) in [6, 6.07) is 0.774. The van der Waals surface area contributed by atoms with Gasteiger partial charge in [0.25, 0.3) is 11.6 Å². The number of nitrogens with zero attached hydrogens (tertiary/aromatic N) is 2. The lowest BCUT2D eigenvalue weighted by Gasteiger charge is -2.12. The quantitative estimate of drug-likeness (QED) is 0.582. The summed E-state index contributed by atoms with van der Waals surface area (Å²) in [4.78, 5) is 25.6. The van der Waals surface area contributed by atoms with E-state index in [4.69, 9.17) is 5.73 Å². The second kappa shape index (κ2) is 6.23. The SMILES string of the molecule is CC(CS(C)=O)NC(=O)c1cc(N)ncc1[N+](=O)[O-]. The van der Waals surface area contributed by atoms with E-state index in [2.05, 4.69) is 10.3 Å². The van der Waals surface area contributed by atoms with Crippen molar-refractivity contribution < 1.29 is 13.9 Å². The van der Waals surface area contributed by atoms with Gasteiger partial charge in [0.1, 0.15) is 17.6 Å². The molecule has 0 saturated heterocycles. The van der Waals surface area contributed by atoms with Crippen LogP contribution in [0.4, 0.5) is 11.5 Å². The zero-order valence-corrected chi connectivity index (χ0v) is 11.3. The Morgan fingerprint density at radius 1 is 1.68 bits per heavy atom. The summed E-state index contributed by atoms with van der Waals surface area (Å²) < 4.78 is 11.0. The Balaban J connectivity index is 2.95. The van der Waals surface area contributed by atoms with Crippen molar-refractivity contribution in [2.75, 3.05) is 17.7 Å². The molecule has 0 radical (unpaired) electrons. The normalized spacial score (nSPS) is 13.6. The molecular formula is C10H14N4O4S. The zero-order valence-electron chi connectivity index (χ0n) is 10.5. The van der Waals surface area contributed by atoms with Crippen LogP contribution in [-0.4, -0.2) is 38.1 Å². The summed E-state index contributed by atoms with van der Waals surface area (Å²) in [5.74, 6) is -0.360. The highest BCUT2D eigenvalue weighted by Crippen LogP contribution is 2.18. The number of nitro groups is 1. The minimum Gasteiger partial charge on any atom is -0.384 e. The number of hydrogen-bond acceptors (Lipinski definition) is 6. The van der Waals surface area contributed by atoms with Gasteiger partial charge in [-0.1, -0.05) is 0 Å². The molecule has 2 atom stereocenters. The van der Waals surface area contributed by atoms with Crippen LogP contribution in [0.25, 0.3) is 0 Å². The van der Waals surface area contributed by atoms with E-state index in [-0.39, 0.29) is 23.2 Å². The summed E-state index contributed by atoms with van der Waals surface area (Å²) in [5, 5.41) is 13.3. The Kier molecular flexibility index (Phi) is 4.93. The number of pyridine rings is 1. The molecule has 1 heterocycles. The predicted molar refractivity (Wildman–Crippen MR) is 71.2 cm³/mol. The van der Waals surface area contributed by atoms with Crippen molar-refractivity contribution in [1.29, 1.82) is 0 Å². The number of nitrogen functional groups attached to an aromatic ring is 1. The summed E-state index contributed by atoms with van der Waals surface area (Å²) >= 11 is 0. The van der Waals surface area contributed by atoms with Crippen LogP contribution in [0.5, 0.6) is 0 Å². The first-order valence-electron chi connectivity index (χ1n) is 5.32. The molecule has 8 nitrogen and oxygen atoms in total. The molecule has 0 bridgehead atoms. The van der Waals surface area contributed by atoms with Crippen LogP contribution in [0.2, 0.25) is 0 Å². The van der Waals surface area contributed by atoms with Crippen LogP contribution in [0.15, 0.2) is 12.3 Å². The molecule has 0 saturated carbocycles. The molecule has 1 aromatic rings. The molecule has 1 rings (SSSR count). The highest BCUT2D eigenvalue weighted by molar-refractivity contribution is 7.84. The zero-order chi connectivity index (χ0) is 14.6. The van der Waals surface area contributed by atoms with E-state index >= 15 is 0 Å². The van der Waals surface area contributed by atoms with Crippen molar-refractivity contribution in [2.24, 2.45) is 0 Å². The second-order valence-corrected chi connectivity index (χ2v) is 5.48. The smallest absolute Gasteiger partial charge is 0.300 e. The topological polar surface area (TPSA) is 128 Å². The molecule has 3 N–H and O–H groups in total. The first kappa shape index (κ1) is 15.0. The third-order valence-corrected chi connectivity index (χ3v) is 3.18. The van der Waals surface area contributed by atoms with Gasteiger partial charge in [0.05, 0.1) is 4.92 Å². The predicted octanol–water partition coefficient (Wildman–Crippen LogP) is 0.0688. The summed E-state index contributed by atoms with van der Waals surface area (Å²) in [5.41, 5.74) is 4.83. The maximum absolute atomic E-state index is 11.9. The van der Waals surface area contributed by atoms with E-state index in [9.17, 15) is 19.1 Å². The minimum absolute atomic E-state index is 0.0162. The number of aromatic nitrogens is 1. The van der Waals surface area contributed by atoms with E-state index < -0.39 is 27.3 Å². The molecule has 0 aliphatic heterocycles. The van der Waals surface area contributed by atoms with Gasteiger partial charge < -0.3 is 11.1 Å². The number of nitrogens with two attached hydrogens (primary N) is 1. The maximum Gasteiger partial charge on any atom is 0.300 e. The average Bonchev–Trinajstić information content (AvgIpc) is 2.26.